The Morgan fingerprint density at radius 3 is 2.83 bits per heavy atom. The highest BCUT2D eigenvalue weighted by molar-refractivity contribution is 5.48. The number of benzene rings is 1. The Morgan fingerprint density at radius 2 is 2.17 bits per heavy atom. The van der Waals surface area contributed by atoms with Crippen molar-refractivity contribution < 1.29 is 9.47 Å². The minimum absolute atomic E-state index is 0.497. The molecule has 6 heteroatoms. The van der Waals surface area contributed by atoms with Crippen LogP contribution in [0.25, 0.3) is 5.69 Å². The van der Waals surface area contributed by atoms with Crippen molar-refractivity contribution in [2.24, 2.45) is 0 Å². The molecule has 0 atom stereocenters. The average Bonchev–Trinajstić information content (AvgIpc) is 2.93. The molecule has 0 N–H and O–H groups in total. The van der Waals surface area contributed by atoms with Crippen molar-refractivity contribution in [3.05, 3.63) is 30.1 Å². The van der Waals surface area contributed by atoms with E-state index in [2.05, 4.69) is 22.4 Å². The van der Waals surface area contributed by atoms with Crippen LogP contribution in [-0.2, 0) is 11.2 Å². The van der Waals surface area contributed by atoms with Crippen LogP contribution < -0.4 is 4.74 Å². The van der Waals surface area contributed by atoms with Gasteiger partial charge >= 0.3 is 0 Å². The average molecular weight is 248 g/mol. The summed E-state index contributed by atoms with van der Waals surface area (Å²) in [4.78, 5) is 0. The van der Waals surface area contributed by atoms with Crippen molar-refractivity contribution in [1.29, 1.82) is 0 Å². The minimum atomic E-state index is 0.497. The SMILES string of the molecule is CCc1ccc(OCCOC)c(-n2cnnn2)c1. The van der Waals surface area contributed by atoms with Crippen LogP contribution in [-0.4, -0.2) is 40.5 Å². The van der Waals surface area contributed by atoms with E-state index in [9.17, 15) is 0 Å². The van der Waals surface area contributed by atoms with Gasteiger partial charge in [-0.05, 0) is 34.5 Å². The maximum Gasteiger partial charge on any atom is 0.145 e. The summed E-state index contributed by atoms with van der Waals surface area (Å²) in [5.74, 6) is 0.747. The van der Waals surface area contributed by atoms with Gasteiger partial charge in [0.05, 0.1) is 6.61 Å². The van der Waals surface area contributed by atoms with E-state index in [-0.39, 0.29) is 0 Å². The van der Waals surface area contributed by atoms with Gasteiger partial charge in [0.15, 0.2) is 0 Å². The largest absolute Gasteiger partial charge is 0.489 e. The molecule has 6 nitrogen and oxygen atoms in total. The van der Waals surface area contributed by atoms with Crippen molar-refractivity contribution in [1.82, 2.24) is 20.2 Å². The Balaban J connectivity index is 2.27. The third-order valence-corrected chi connectivity index (χ3v) is 2.57. The van der Waals surface area contributed by atoms with Crippen molar-refractivity contribution in [2.75, 3.05) is 20.3 Å². The Labute approximate surface area is 106 Å². The summed E-state index contributed by atoms with van der Waals surface area (Å²) < 4.78 is 12.2. The van der Waals surface area contributed by atoms with Crippen LogP contribution >= 0.6 is 0 Å². The van der Waals surface area contributed by atoms with E-state index < -0.39 is 0 Å². The monoisotopic (exact) mass is 248 g/mol. The van der Waals surface area contributed by atoms with Gasteiger partial charge in [-0.15, -0.1) is 5.10 Å². The fourth-order valence-electron chi connectivity index (χ4n) is 1.59. The molecule has 1 aromatic heterocycles. The maximum atomic E-state index is 5.66. The van der Waals surface area contributed by atoms with E-state index in [1.165, 1.54) is 5.56 Å². The Kier molecular flexibility index (Phi) is 4.25. The van der Waals surface area contributed by atoms with Crippen LogP contribution in [0.1, 0.15) is 12.5 Å². The molecule has 1 aromatic carbocycles. The molecule has 0 saturated carbocycles. The van der Waals surface area contributed by atoms with Gasteiger partial charge in [-0.25, -0.2) is 0 Å². The van der Waals surface area contributed by atoms with Gasteiger partial charge in [-0.3, -0.25) is 0 Å². The van der Waals surface area contributed by atoms with Crippen LogP contribution in [0.2, 0.25) is 0 Å². The zero-order valence-corrected chi connectivity index (χ0v) is 10.5. The molecule has 18 heavy (non-hydrogen) atoms. The highest BCUT2D eigenvalue weighted by Crippen LogP contribution is 2.23. The summed E-state index contributed by atoms with van der Waals surface area (Å²) >= 11 is 0. The first kappa shape index (κ1) is 12.5. The summed E-state index contributed by atoms with van der Waals surface area (Å²) in [6.45, 7) is 3.14. The predicted octanol–water partition coefficient (Wildman–Crippen LogP) is 1.25. The lowest BCUT2D eigenvalue weighted by Crippen LogP contribution is -2.07. The van der Waals surface area contributed by atoms with E-state index in [0.717, 1.165) is 17.9 Å². The van der Waals surface area contributed by atoms with Crippen molar-refractivity contribution >= 4 is 0 Å². The van der Waals surface area contributed by atoms with E-state index in [0.29, 0.717) is 13.2 Å². The zero-order valence-electron chi connectivity index (χ0n) is 10.5. The Bertz CT molecular complexity index is 485. The lowest BCUT2D eigenvalue weighted by atomic mass is 10.1. The second-order valence-electron chi connectivity index (χ2n) is 3.75. The molecule has 2 aromatic rings. The van der Waals surface area contributed by atoms with Gasteiger partial charge in [-0.2, -0.15) is 4.68 Å². The molecule has 0 fully saturated rings. The normalized spacial score (nSPS) is 10.6. The number of aryl methyl sites for hydroxylation is 1. The molecule has 0 spiro atoms. The summed E-state index contributed by atoms with van der Waals surface area (Å²) in [5.41, 5.74) is 2.05. The summed E-state index contributed by atoms with van der Waals surface area (Å²) in [6, 6.07) is 6.00. The fraction of sp³-hybridized carbons (Fsp3) is 0.417. The van der Waals surface area contributed by atoms with Crippen molar-refractivity contribution in [2.45, 2.75) is 13.3 Å². The van der Waals surface area contributed by atoms with E-state index in [1.807, 2.05) is 18.2 Å². The molecule has 0 amide bonds. The number of ether oxygens (including phenoxy) is 2. The van der Waals surface area contributed by atoms with Crippen LogP contribution in [0.15, 0.2) is 24.5 Å². The number of tetrazole rings is 1. The summed E-state index contributed by atoms with van der Waals surface area (Å²) in [7, 11) is 1.64. The van der Waals surface area contributed by atoms with Crippen LogP contribution in [0.5, 0.6) is 5.75 Å². The summed E-state index contributed by atoms with van der Waals surface area (Å²) in [6.07, 6.45) is 2.51. The number of hydrogen-bond donors (Lipinski definition) is 0. The van der Waals surface area contributed by atoms with Crippen molar-refractivity contribution in [3.63, 3.8) is 0 Å². The standard InChI is InChI=1S/C12H16N4O2/c1-3-10-4-5-12(18-7-6-17-2)11(8-10)16-9-13-14-15-16/h4-5,8-9H,3,6-7H2,1-2H3. The first-order chi connectivity index (χ1) is 8.85. The molecule has 0 aliphatic carbocycles. The van der Waals surface area contributed by atoms with Gasteiger partial charge < -0.3 is 9.47 Å². The third kappa shape index (κ3) is 2.84. The van der Waals surface area contributed by atoms with Crippen molar-refractivity contribution in [3.8, 4) is 11.4 Å². The Hall–Kier alpha value is -1.95. The maximum absolute atomic E-state index is 5.66. The molecular weight excluding hydrogens is 232 g/mol. The first-order valence-corrected chi connectivity index (χ1v) is 5.83. The Morgan fingerprint density at radius 1 is 1.28 bits per heavy atom. The lowest BCUT2D eigenvalue weighted by molar-refractivity contribution is 0.146. The van der Waals surface area contributed by atoms with Gasteiger partial charge in [0, 0.05) is 7.11 Å². The van der Waals surface area contributed by atoms with Gasteiger partial charge in [0.2, 0.25) is 0 Å². The van der Waals surface area contributed by atoms with Crippen LogP contribution in [0.4, 0.5) is 0 Å². The van der Waals surface area contributed by atoms with Crippen LogP contribution in [0, 0.1) is 0 Å². The number of methoxy groups -OCH3 is 1. The fourth-order valence-corrected chi connectivity index (χ4v) is 1.59. The van der Waals surface area contributed by atoms with Gasteiger partial charge in [-0.1, -0.05) is 13.0 Å². The zero-order chi connectivity index (χ0) is 12.8. The third-order valence-electron chi connectivity index (χ3n) is 2.57. The molecule has 0 aliphatic rings. The molecular formula is C12H16N4O2. The minimum Gasteiger partial charge on any atom is -0.489 e. The highest BCUT2D eigenvalue weighted by Gasteiger charge is 2.08. The second kappa shape index (κ2) is 6.11. The first-order valence-electron chi connectivity index (χ1n) is 5.83. The molecule has 0 bridgehead atoms. The molecule has 1 heterocycles. The quantitative estimate of drug-likeness (QED) is 0.720. The van der Waals surface area contributed by atoms with E-state index in [1.54, 1.807) is 18.1 Å². The number of hydrogen-bond acceptors (Lipinski definition) is 5. The predicted molar refractivity (Wildman–Crippen MR) is 65.9 cm³/mol. The molecule has 2 rings (SSSR count). The molecule has 0 saturated heterocycles. The number of nitrogens with zero attached hydrogens (tertiary/aromatic N) is 4. The van der Waals surface area contributed by atoms with Gasteiger partial charge in [0.25, 0.3) is 0 Å². The van der Waals surface area contributed by atoms with Crippen LogP contribution in [0.3, 0.4) is 0 Å². The molecule has 96 valence electrons. The smallest absolute Gasteiger partial charge is 0.145 e. The summed E-state index contributed by atoms with van der Waals surface area (Å²) in [5, 5.41) is 11.2. The second-order valence-corrected chi connectivity index (χ2v) is 3.75. The van der Waals surface area contributed by atoms with E-state index in [4.69, 9.17) is 9.47 Å². The van der Waals surface area contributed by atoms with E-state index >= 15 is 0 Å². The number of rotatable bonds is 6. The number of aromatic nitrogens is 4. The molecule has 0 radical (unpaired) electrons. The molecule has 0 aliphatic heterocycles. The van der Waals surface area contributed by atoms with Gasteiger partial charge in [0.1, 0.15) is 24.4 Å². The highest BCUT2D eigenvalue weighted by atomic mass is 16.5. The lowest BCUT2D eigenvalue weighted by Gasteiger charge is -2.11. The topological polar surface area (TPSA) is 62.1 Å². The molecule has 0 unspecified atom stereocenters.